The van der Waals surface area contributed by atoms with Gasteiger partial charge in [0.2, 0.25) is 0 Å². The fraction of sp³-hybridized carbons (Fsp3) is 0.208. The quantitative estimate of drug-likeness (QED) is 0.538. The van der Waals surface area contributed by atoms with E-state index >= 15 is 0 Å². The van der Waals surface area contributed by atoms with Crippen molar-refractivity contribution in [3.8, 4) is 0 Å². The molecule has 2 heterocycles. The van der Waals surface area contributed by atoms with Crippen LogP contribution >= 0.6 is 23.2 Å². The van der Waals surface area contributed by atoms with Gasteiger partial charge in [0, 0.05) is 54.0 Å². The van der Waals surface area contributed by atoms with E-state index < -0.39 is 0 Å². The molecule has 6 heteroatoms. The summed E-state index contributed by atoms with van der Waals surface area (Å²) in [5.74, 6) is 1.00. The Bertz CT molecular complexity index is 1100. The average Bonchev–Trinajstić information content (AvgIpc) is 2.91. The molecule has 3 aromatic rings. The second-order valence-corrected chi connectivity index (χ2v) is 8.53. The lowest BCUT2D eigenvalue weighted by Crippen LogP contribution is -2.48. The number of fused-ring (bicyclic) bond motifs is 2. The summed E-state index contributed by atoms with van der Waals surface area (Å²) in [7, 11) is 0. The van der Waals surface area contributed by atoms with E-state index in [0.29, 0.717) is 5.02 Å². The molecule has 1 N–H and O–H groups in total. The molecule has 0 aromatic heterocycles. The first-order chi connectivity index (χ1) is 14.7. The number of rotatable bonds is 2. The highest BCUT2D eigenvalue weighted by Crippen LogP contribution is 2.36. The van der Waals surface area contributed by atoms with Crippen molar-refractivity contribution in [3.63, 3.8) is 0 Å². The van der Waals surface area contributed by atoms with Crippen LogP contribution in [-0.4, -0.2) is 41.8 Å². The van der Waals surface area contributed by atoms with E-state index in [1.807, 2.05) is 42.5 Å². The first-order valence-electron chi connectivity index (χ1n) is 10.1. The summed E-state index contributed by atoms with van der Waals surface area (Å²) in [6, 6.07) is 22.3. The van der Waals surface area contributed by atoms with Crippen molar-refractivity contribution in [1.29, 1.82) is 0 Å². The molecule has 1 fully saturated rings. The molecule has 152 valence electrons. The second kappa shape index (κ2) is 8.31. The van der Waals surface area contributed by atoms with E-state index in [2.05, 4.69) is 39.4 Å². The van der Waals surface area contributed by atoms with Gasteiger partial charge in [-0.2, -0.15) is 0 Å². The minimum atomic E-state index is 0.691. The highest BCUT2D eigenvalue weighted by Gasteiger charge is 2.25. The van der Waals surface area contributed by atoms with Gasteiger partial charge in [-0.05, 0) is 48.0 Å². The van der Waals surface area contributed by atoms with Gasteiger partial charge in [-0.15, -0.1) is 0 Å². The molecule has 0 atom stereocenters. The van der Waals surface area contributed by atoms with Gasteiger partial charge in [0.15, 0.2) is 0 Å². The zero-order chi connectivity index (χ0) is 20.5. The van der Waals surface area contributed by atoms with Gasteiger partial charge in [-0.25, -0.2) is 4.99 Å². The third-order valence-electron chi connectivity index (χ3n) is 5.59. The minimum Gasteiger partial charge on any atom is -0.353 e. The van der Waals surface area contributed by atoms with E-state index in [-0.39, 0.29) is 0 Å². The van der Waals surface area contributed by atoms with Crippen molar-refractivity contribution in [2.75, 3.05) is 31.5 Å². The third-order valence-corrected chi connectivity index (χ3v) is 6.06. The van der Waals surface area contributed by atoms with Crippen LogP contribution in [0.25, 0.3) is 0 Å². The monoisotopic (exact) mass is 436 g/mol. The molecule has 0 saturated carbocycles. The van der Waals surface area contributed by atoms with Crippen molar-refractivity contribution >= 4 is 46.1 Å². The smallest absolute Gasteiger partial charge is 0.138 e. The molecule has 0 bridgehead atoms. The zero-order valence-electron chi connectivity index (χ0n) is 16.5. The summed E-state index contributed by atoms with van der Waals surface area (Å²) in [5.41, 5.74) is 5.28. The Morgan fingerprint density at radius 2 is 1.60 bits per heavy atom. The summed E-state index contributed by atoms with van der Waals surface area (Å²) in [6.07, 6.45) is 0. The fourth-order valence-electron chi connectivity index (χ4n) is 4.06. The molecule has 5 rings (SSSR count). The Kier molecular flexibility index (Phi) is 5.38. The maximum Gasteiger partial charge on any atom is 0.138 e. The normalized spacial score (nSPS) is 16.2. The summed E-state index contributed by atoms with van der Waals surface area (Å²) in [6.45, 7) is 4.71. The number of benzene rings is 3. The lowest BCUT2D eigenvalue weighted by molar-refractivity contribution is 0.176. The Balaban J connectivity index is 1.39. The van der Waals surface area contributed by atoms with Crippen LogP contribution in [0.3, 0.4) is 0 Å². The van der Waals surface area contributed by atoms with Gasteiger partial charge in [0.25, 0.3) is 0 Å². The predicted molar refractivity (Wildman–Crippen MR) is 126 cm³/mol. The van der Waals surface area contributed by atoms with E-state index in [1.165, 1.54) is 5.56 Å². The first kappa shape index (κ1) is 19.4. The van der Waals surface area contributed by atoms with E-state index in [9.17, 15) is 0 Å². The van der Waals surface area contributed by atoms with Gasteiger partial charge >= 0.3 is 0 Å². The van der Waals surface area contributed by atoms with Crippen LogP contribution in [0.15, 0.2) is 71.7 Å². The van der Waals surface area contributed by atoms with Crippen LogP contribution in [0.2, 0.25) is 10.0 Å². The molecule has 2 aliphatic rings. The largest absolute Gasteiger partial charge is 0.353 e. The van der Waals surface area contributed by atoms with Crippen LogP contribution in [0, 0.1) is 0 Å². The Morgan fingerprint density at radius 1 is 0.800 bits per heavy atom. The van der Waals surface area contributed by atoms with Crippen LogP contribution < -0.4 is 5.32 Å². The minimum absolute atomic E-state index is 0.691. The van der Waals surface area contributed by atoms with E-state index in [1.54, 1.807) is 0 Å². The van der Waals surface area contributed by atoms with Crippen LogP contribution in [0.5, 0.6) is 0 Å². The van der Waals surface area contributed by atoms with Crippen molar-refractivity contribution in [2.24, 2.45) is 4.99 Å². The fourth-order valence-corrected chi connectivity index (χ4v) is 4.44. The molecule has 1 saturated heterocycles. The zero-order valence-corrected chi connectivity index (χ0v) is 18.0. The summed E-state index contributed by atoms with van der Waals surface area (Å²) >= 11 is 12.4. The molecule has 3 aromatic carbocycles. The van der Waals surface area contributed by atoms with Crippen LogP contribution in [0.4, 0.5) is 17.1 Å². The standard InChI is InChI=1S/C24H22Cl2N4/c25-18-5-3-4-17(14-18)16-29-10-12-30(13-11-29)24-20-6-1-2-7-21(20)27-22-9-8-19(26)15-23(22)28-24/h1-9,14-15,27H,10-13,16H2. The number of aliphatic imine (C=N–C) groups is 1. The Hall–Kier alpha value is -2.53. The Labute approximate surface area is 186 Å². The SMILES string of the molecule is Clc1cccc(CN2CCN(C3=Nc4cc(Cl)ccc4Nc4ccccc43)CC2)c1. The Morgan fingerprint density at radius 3 is 2.43 bits per heavy atom. The van der Waals surface area contributed by atoms with Crippen molar-refractivity contribution in [2.45, 2.75) is 6.54 Å². The highest BCUT2D eigenvalue weighted by atomic mass is 35.5. The highest BCUT2D eigenvalue weighted by molar-refractivity contribution is 6.31. The number of hydrogen-bond acceptors (Lipinski definition) is 4. The van der Waals surface area contributed by atoms with Gasteiger partial charge in [-0.3, -0.25) is 4.90 Å². The molecular formula is C24H22Cl2N4. The number of halogens is 2. The molecule has 0 spiro atoms. The van der Waals surface area contributed by atoms with E-state index in [0.717, 1.165) is 66.2 Å². The lowest BCUT2D eigenvalue weighted by atomic mass is 10.1. The molecule has 0 radical (unpaired) electrons. The van der Waals surface area contributed by atoms with E-state index in [4.69, 9.17) is 28.2 Å². The van der Waals surface area contributed by atoms with Crippen molar-refractivity contribution in [3.05, 3.63) is 87.9 Å². The maximum atomic E-state index is 6.26. The number of hydrogen-bond donors (Lipinski definition) is 1. The second-order valence-electron chi connectivity index (χ2n) is 7.66. The summed E-state index contributed by atoms with van der Waals surface area (Å²) in [4.78, 5) is 9.89. The molecule has 4 nitrogen and oxygen atoms in total. The number of anilines is 2. The van der Waals surface area contributed by atoms with Crippen molar-refractivity contribution in [1.82, 2.24) is 9.80 Å². The molecule has 0 amide bonds. The van der Waals surface area contributed by atoms with Gasteiger partial charge in [0.1, 0.15) is 5.84 Å². The van der Waals surface area contributed by atoms with Crippen LogP contribution in [0.1, 0.15) is 11.1 Å². The number of nitrogens with one attached hydrogen (secondary N) is 1. The number of nitrogens with zero attached hydrogens (tertiary/aromatic N) is 3. The van der Waals surface area contributed by atoms with Gasteiger partial charge < -0.3 is 10.2 Å². The number of amidine groups is 1. The summed E-state index contributed by atoms with van der Waals surface area (Å²) < 4.78 is 0. The lowest BCUT2D eigenvalue weighted by Gasteiger charge is -2.36. The predicted octanol–water partition coefficient (Wildman–Crippen LogP) is 5.95. The molecule has 0 aliphatic carbocycles. The third kappa shape index (κ3) is 4.04. The average molecular weight is 437 g/mol. The summed E-state index contributed by atoms with van der Waals surface area (Å²) in [5, 5.41) is 5.01. The van der Waals surface area contributed by atoms with Gasteiger partial charge in [0.05, 0.1) is 11.4 Å². The number of piperazine rings is 1. The molecule has 2 aliphatic heterocycles. The topological polar surface area (TPSA) is 30.9 Å². The van der Waals surface area contributed by atoms with Gasteiger partial charge in [-0.1, -0.05) is 47.5 Å². The number of para-hydroxylation sites is 1. The van der Waals surface area contributed by atoms with Crippen LogP contribution in [-0.2, 0) is 6.54 Å². The maximum absolute atomic E-state index is 6.26. The first-order valence-corrected chi connectivity index (χ1v) is 10.9. The van der Waals surface area contributed by atoms with Crippen molar-refractivity contribution < 1.29 is 0 Å². The molecule has 30 heavy (non-hydrogen) atoms. The molecular weight excluding hydrogens is 415 g/mol. The molecule has 0 unspecified atom stereocenters.